The van der Waals surface area contributed by atoms with E-state index in [0.717, 1.165) is 21.7 Å². The lowest BCUT2D eigenvalue weighted by molar-refractivity contribution is -0.113. The van der Waals surface area contributed by atoms with Crippen LogP contribution in [0.1, 0.15) is 27.5 Å². The van der Waals surface area contributed by atoms with E-state index in [2.05, 4.69) is 20.3 Å². The molecule has 1 saturated heterocycles. The highest BCUT2D eigenvalue weighted by Crippen LogP contribution is 2.28. The van der Waals surface area contributed by atoms with Crippen LogP contribution in [-0.4, -0.2) is 50.2 Å². The van der Waals surface area contributed by atoms with Crippen LogP contribution in [0.2, 0.25) is 0 Å². The van der Waals surface area contributed by atoms with Crippen molar-refractivity contribution in [2.75, 3.05) is 13.1 Å². The first-order valence-electron chi connectivity index (χ1n) is 8.84. The van der Waals surface area contributed by atoms with Crippen LogP contribution in [0.25, 0.3) is 11.3 Å². The van der Waals surface area contributed by atoms with Gasteiger partial charge in [0, 0.05) is 23.5 Å². The number of ether oxygens (including phenoxy) is 1. The van der Waals surface area contributed by atoms with Crippen molar-refractivity contribution in [1.82, 2.24) is 25.2 Å². The van der Waals surface area contributed by atoms with E-state index in [1.54, 1.807) is 13.1 Å². The third kappa shape index (κ3) is 3.91. The molecule has 0 aromatic carbocycles. The summed E-state index contributed by atoms with van der Waals surface area (Å²) in [5.41, 5.74) is 3.03. The van der Waals surface area contributed by atoms with Crippen molar-refractivity contribution in [3.05, 3.63) is 53.2 Å². The smallest absolute Gasteiger partial charge is 0.282 e. The van der Waals surface area contributed by atoms with E-state index >= 15 is 0 Å². The van der Waals surface area contributed by atoms with Gasteiger partial charge in [-0.3, -0.25) is 9.78 Å². The van der Waals surface area contributed by atoms with E-state index in [1.807, 2.05) is 19.1 Å². The molecule has 8 nitrogen and oxygen atoms in total. The van der Waals surface area contributed by atoms with E-state index < -0.39 is 24.9 Å². The second kappa shape index (κ2) is 7.19. The standard InChI is InChI=1S/C19H17F2N5O3/c1-11-3-4-13(7-22-11)17-14(12(2)29-25-17)8-28-16-6-5-15(23-24-16)18(27)26-9-19(20,21)10-26/h3-7H,8-10H2,1-2H3. The zero-order valence-corrected chi connectivity index (χ0v) is 15.7. The number of amides is 1. The van der Waals surface area contributed by atoms with Gasteiger partial charge < -0.3 is 14.2 Å². The van der Waals surface area contributed by atoms with Gasteiger partial charge in [0.2, 0.25) is 5.88 Å². The molecule has 0 bridgehead atoms. The van der Waals surface area contributed by atoms with Crippen molar-refractivity contribution in [2.24, 2.45) is 0 Å². The van der Waals surface area contributed by atoms with E-state index in [4.69, 9.17) is 9.26 Å². The third-order valence-corrected chi connectivity index (χ3v) is 4.52. The van der Waals surface area contributed by atoms with Crippen LogP contribution in [0.5, 0.6) is 5.88 Å². The van der Waals surface area contributed by atoms with Gasteiger partial charge >= 0.3 is 0 Å². The summed E-state index contributed by atoms with van der Waals surface area (Å²) in [4.78, 5) is 17.3. The number of carbonyl (C=O) groups excluding carboxylic acids is 1. The Morgan fingerprint density at radius 1 is 1.21 bits per heavy atom. The first-order chi connectivity index (χ1) is 13.8. The Bertz CT molecular complexity index is 1030. The summed E-state index contributed by atoms with van der Waals surface area (Å²) in [5, 5.41) is 11.7. The number of hydrogen-bond donors (Lipinski definition) is 0. The molecule has 1 aliphatic rings. The number of hydrogen-bond acceptors (Lipinski definition) is 7. The molecule has 0 aliphatic carbocycles. The van der Waals surface area contributed by atoms with Gasteiger partial charge in [-0.15, -0.1) is 10.2 Å². The molecule has 3 aromatic rings. The molecule has 1 aliphatic heterocycles. The molecule has 0 atom stereocenters. The zero-order chi connectivity index (χ0) is 20.6. The molecule has 1 amide bonds. The van der Waals surface area contributed by atoms with Gasteiger partial charge in [0.25, 0.3) is 11.8 Å². The Morgan fingerprint density at radius 2 is 2.00 bits per heavy atom. The number of rotatable bonds is 5. The summed E-state index contributed by atoms with van der Waals surface area (Å²) < 4.78 is 36.7. The number of aromatic nitrogens is 4. The van der Waals surface area contributed by atoms with Gasteiger partial charge in [-0.2, -0.15) is 0 Å². The first-order valence-corrected chi connectivity index (χ1v) is 8.84. The lowest BCUT2D eigenvalue weighted by Gasteiger charge is -2.38. The molecular weight excluding hydrogens is 384 g/mol. The Labute approximate surface area is 164 Å². The summed E-state index contributed by atoms with van der Waals surface area (Å²) in [6.07, 6.45) is 1.70. The van der Waals surface area contributed by atoms with Crippen LogP contribution in [0, 0.1) is 13.8 Å². The van der Waals surface area contributed by atoms with Crippen LogP contribution >= 0.6 is 0 Å². The Balaban J connectivity index is 1.43. The highest BCUT2D eigenvalue weighted by Gasteiger charge is 2.46. The average Bonchev–Trinajstić information content (AvgIpc) is 3.05. The van der Waals surface area contributed by atoms with E-state index in [1.165, 1.54) is 12.1 Å². The van der Waals surface area contributed by atoms with Crippen LogP contribution in [0.3, 0.4) is 0 Å². The quantitative estimate of drug-likeness (QED) is 0.649. The Kier molecular flexibility index (Phi) is 4.69. The van der Waals surface area contributed by atoms with Gasteiger partial charge in [0.05, 0.1) is 18.7 Å². The SMILES string of the molecule is Cc1ccc(-c2noc(C)c2COc2ccc(C(=O)N3CC(F)(F)C3)nn2)cn1. The predicted octanol–water partition coefficient (Wildman–Crippen LogP) is 2.81. The van der Waals surface area contributed by atoms with Crippen molar-refractivity contribution in [1.29, 1.82) is 0 Å². The number of alkyl halides is 2. The van der Waals surface area contributed by atoms with Gasteiger partial charge in [-0.1, -0.05) is 5.16 Å². The number of pyridine rings is 1. The maximum absolute atomic E-state index is 12.9. The number of halogens is 2. The maximum atomic E-state index is 12.9. The van der Waals surface area contributed by atoms with Crippen molar-refractivity contribution in [2.45, 2.75) is 26.4 Å². The Morgan fingerprint density at radius 3 is 2.62 bits per heavy atom. The van der Waals surface area contributed by atoms with Gasteiger partial charge in [-0.25, -0.2) is 8.78 Å². The van der Waals surface area contributed by atoms with Crippen molar-refractivity contribution >= 4 is 5.91 Å². The molecule has 0 unspecified atom stereocenters. The van der Waals surface area contributed by atoms with E-state index in [-0.39, 0.29) is 18.2 Å². The molecule has 4 rings (SSSR count). The summed E-state index contributed by atoms with van der Waals surface area (Å²) in [6.45, 7) is 2.58. The molecule has 4 heterocycles. The molecule has 29 heavy (non-hydrogen) atoms. The molecule has 150 valence electrons. The third-order valence-electron chi connectivity index (χ3n) is 4.52. The summed E-state index contributed by atoms with van der Waals surface area (Å²) in [7, 11) is 0. The lowest BCUT2D eigenvalue weighted by atomic mass is 10.1. The maximum Gasteiger partial charge on any atom is 0.282 e. The summed E-state index contributed by atoms with van der Waals surface area (Å²) >= 11 is 0. The number of carbonyl (C=O) groups is 1. The monoisotopic (exact) mass is 401 g/mol. The molecule has 0 N–H and O–H groups in total. The lowest BCUT2D eigenvalue weighted by Crippen LogP contribution is -2.58. The number of likely N-dealkylation sites (tertiary alicyclic amines) is 1. The second-order valence-electron chi connectivity index (χ2n) is 6.82. The zero-order valence-electron chi connectivity index (χ0n) is 15.7. The van der Waals surface area contributed by atoms with Crippen molar-refractivity contribution in [3.63, 3.8) is 0 Å². The van der Waals surface area contributed by atoms with Gasteiger partial charge in [0.15, 0.2) is 5.69 Å². The highest BCUT2D eigenvalue weighted by molar-refractivity contribution is 5.92. The fraction of sp³-hybridized carbons (Fsp3) is 0.316. The minimum atomic E-state index is -2.83. The van der Waals surface area contributed by atoms with Gasteiger partial charge in [0.1, 0.15) is 18.1 Å². The molecule has 10 heteroatoms. The van der Waals surface area contributed by atoms with Crippen LogP contribution in [-0.2, 0) is 6.61 Å². The molecule has 3 aromatic heterocycles. The number of aryl methyl sites for hydroxylation is 2. The van der Waals surface area contributed by atoms with Crippen LogP contribution in [0.4, 0.5) is 8.78 Å². The predicted molar refractivity (Wildman–Crippen MR) is 96.4 cm³/mol. The highest BCUT2D eigenvalue weighted by atomic mass is 19.3. The fourth-order valence-corrected chi connectivity index (χ4v) is 2.87. The topological polar surface area (TPSA) is 94.2 Å². The second-order valence-corrected chi connectivity index (χ2v) is 6.82. The minimum Gasteiger partial charge on any atom is -0.472 e. The molecular formula is C19H17F2N5O3. The minimum absolute atomic E-state index is 0.0135. The van der Waals surface area contributed by atoms with Crippen molar-refractivity contribution < 1.29 is 22.8 Å². The van der Waals surface area contributed by atoms with Crippen molar-refractivity contribution in [3.8, 4) is 17.1 Å². The van der Waals surface area contributed by atoms with Crippen LogP contribution in [0.15, 0.2) is 35.0 Å². The van der Waals surface area contributed by atoms with E-state index in [9.17, 15) is 13.6 Å². The van der Waals surface area contributed by atoms with E-state index in [0.29, 0.717) is 11.5 Å². The fourth-order valence-electron chi connectivity index (χ4n) is 2.87. The summed E-state index contributed by atoms with van der Waals surface area (Å²) in [5.74, 6) is -2.63. The number of nitrogens with zero attached hydrogens (tertiary/aromatic N) is 5. The van der Waals surface area contributed by atoms with Gasteiger partial charge in [-0.05, 0) is 32.0 Å². The molecule has 0 radical (unpaired) electrons. The largest absolute Gasteiger partial charge is 0.472 e. The normalized spacial score (nSPS) is 15.1. The summed E-state index contributed by atoms with van der Waals surface area (Å²) in [6, 6.07) is 6.63. The Hall–Kier alpha value is -3.43. The molecule has 0 spiro atoms. The molecule has 0 saturated carbocycles. The average molecular weight is 401 g/mol. The van der Waals surface area contributed by atoms with Crippen LogP contribution < -0.4 is 4.74 Å². The molecule has 1 fully saturated rings. The first kappa shape index (κ1) is 18.9.